The highest BCUT2D eigenvalue weighted by Crippen LogP contribution is 2.36. The standard InChI is InChI=1S/C19H19BrN4O2S/c1-19(10-25)9-23-18(26-11-19)24-12-2-4-13(5-3-12)27-15-6-7-21-17-16(15)14(20)8-22-17/h2-8,25H,9-11H2,1H3,(H,21,22)(H,23,24). The van der Waals surface area contributed by atoms with E-state index in [1.165, 1.54) is 0 Å². The van der Waals surface area contributed by atoms with Crippen LogP contribution in [0.15, 0.2) is 62.0 Å². The molecule has 1 aliphatic rings. The molecular weight excluding hydrogens is 428 g/mol. The second kappa shape index (κ2) is 7.53. The maximum absolute atomic E-state index is 9.37. The number of anilines is 1. The van der Waals surface area contributed by atoms with Gasteiger partial charge in [0, 0.05) is 43.1 Å². The molecule has 6 nitrogen and oxygen atoms in total. The first kappa shape index (κ1) is 18.3. The molecule has 4 rings (SSSR count). The molecule has 1 unspecified atom stereocenters. The molecule has 3 aromatic rings. The molecule has 0 saturated carbocycles. The van der Waals surface area contributed by atoms with E-state index in [1.807, 2.05) is 37.5 Å². The number of hydrogen-bond donors (Lipinski definition) is 3. The van der Waals surface area contributed by atoms with E-state index in [0.717, 1.165) is 31.0 Å². The highest BCUT2D eigenvalue weighted by atomic mass is 79.9. The predicted molar refractivity (Wildman–Crippen MR) is 111 cm³/mol. The number of amidine groups is 1. The van der Waals surface area contributed by atoms with Gasteiger partial charge < -0.3 is 20.1 Å². The molecule has 1 atom stereocenters. The van der Waals surface area contributed by atoms with Crippen LogP contribution < -0.4 is 5.32 Å². The number of nitrogens with one attached hydrogen (secondary N) is 2. The minimum atomic E-state index is -0.298. The van der Waals surface area contributed by atoms with Gasteiger partial charge in [0.1, 0.15) is 12.3 Å². The number of fused-ring (bicyclic) bond motifs is 1. The van der Waals surface area contributed by atoms with E-state index in [9.17, 15) is 5.11 Å². The van der Waals surface area contributed by atoms with Gasteiger partial charge in [-0.05, 0) is 46.3 Å². The summed E-state index contributed by atoms with van der Waals surface area (Å²) in [5, 5.41) is 13.6. The fraction of sp³-hybridized carbons (Fsp3) is 0.263. The zero-order chi connectivity index (χ0) is 18.9. The number of aliphatic hydroxyl groups excluding tert-OH is 1. The van der Waals surface area contributed by atoms with Crippen LogP contribution in [0.4, 0.5) is 5.69 Å². The number of aromatic amines is 1. The predicted octanol–water partition coefficient (Wildman–Crippen LogP) is 4.27. The topological polar surface area (TPSA) is 82.5 Å². The van der Waals surface area contributed by atoms with Gasteiger partial charge in [-0.15, -0.1) is 0 Å². The number of halogens is 1. The van der Waals surface area contributed by atoms with E-state index in [4.69, 9.17) is 4.74 Å². The molecule has 0 bridgehead atoms. The summed E-state index contributed by atoms with van der Waals surface area (Å²) in [6, 6.07) is 10.6. The van der Waals surface area contributed by atoms with Crippen LogP contribution in [-0.2, 0) is 4.74 Å². The Morgan fingerprint density at radius 3 is 2.85 bits per heavy atom. The van der Waals surface area contributed by atoms with E-state index < -0.39 is 0 Å². The molecule has 140 valence electrons. The number of aromatic nitrogens is 2. The summed E-state index contributed by atoms with van der Waals surface area (Å²) < 4.78 is 6.63. The van der Waals surface area contributed by atoms with Crippen molar-refractivity contribution in [1.29, 1.82) is 0 Å². The Morgan fingerprint density at radius 2 is 2.15 bits per heavy atom. The van der Waals surface area contributed by atoms with Gasteiger partial charge in [-0.3, -0.25) is 0 Å². The number of benzene rings is 1. The van der Waals surface area contributed by atoms with Gasteiger partial charge >= 0.3 is 0 Å². The van der Waals surface area contributed by atoms with Crippen molar-refractivity contribution in [2.24, 2.45) is 10.4 Å². The second-order valence-electron chi connectivity index (χ2n) is 6.80. The lowest BCUT2D eigenvalue weighted by molar-refractivity contribution is 0.0706. The number of pyridine rings is 1. The summed E-state index contributed by atoms with van der Waals surface area (Å²) in [6.07, 6.45) is 3.71. The van der Waals surface area contributed by atoms with Gasteiger partial charge in [0.05, 0.1) is 13.2 Å². The van der Waals surface area contributed by atoms with Gasteiger partial charge in [-0.2, -0.15) is 0 Å². The molecule has 3 N–H and O–H groups in total. The lowest BCUT2D eigenvalue weighted by atomic mass is 9.93. The number of H-pyrrole nitrogens is 1. The normalized spacial score (nSPS) is 19.6. The van der Waals surface area contributed by atoms with Gasteiger partial charge in [0.25, 0.3) is 6.02 Å². The lowest BCUT2D eigenvalue weighted by Crippen LogP contribution is -2.38. The minimum absolute atomic E-state index is 0.0647. The third-order valence-corrected chi connectivity index (χ3v) is 6.06. The van der Waals surface area contributed by atoms with Crippen LogP contribution >= 0.6 is 27.7 Å². The van der Waals surface area contributed by atoms with E-state index >= 15 is 0 Å². The van der Waals surface area contributed by atoms with Crippen LogP contribution in [0.5, 0.6) is 0 Å². The number of hydrogen-bond acceptors (Lipinski definition) is 6. The molecular formula is C19H19BrN4O2S. The smallest absolute Gasteiger partial charge is 0.289 e. The molecule has 0 saturated heterocycles. The molecule has 1 aromatic carbocycles. The summed E-state index contributed by atoms with van der Waals surface area (Å²) in [5.74, 6) is 0. The molecule has 0 aliphatic carbocycles. The minimum Gasteiger partial charge on any atom is -0.464 e. The zero-order valence-electron chi connectivity index (χ0n) is 14.7. The third-order valence-electron chi connectivity index (χ3n) is 4.36. The maximum Gasteiger partial charge on any atom is 0.289 e. The van der Waals surface area contributed by atoms with E-state index in [0.29, 0.717) is 19.2 Å². The molecule has 0 amide bonds. The average molecular weight is 447 g/mol. The van der Waals surface area contributed by atoms with Crippen molar-refractivity contribution >= 4 is 50.4 Å². The van der Waals surface area contributed by atoms with Gasteiger partial charge in [0.15, 0.2) is 0 Å². The van der Waals surface area contributed by atoms with Crippen LogP contribution in [0, 0.1) is 5.41 Å². The molecule has 0 radical (unpaired) electrons. The first-order valence-corrected chi connectivity index (χ1v) is 10.1. The number of nitrogens with zero attached hydrogens (tertiary/aromatic N) is 2. The van der Waals surface area contributed by atoms with Crippen LogP contribution in [0.3, 0.4) is 0 Å². The van der Waals surface area contributed by atoms with Gasteiger partial charge in [-0.1, -0.05) is 18.7 Å². The third kappa shape index (κ3) is 3.97. The zero-order valence-corrected chi connectivity index (χ0v) is 17.1. The summed E-state index contributed by atoms with van der Waals surface area (Å²) >= 11 is 5.26. The molecule has 27 heavy (non-hydrogen) atoms. The number of aliphatic imine (C=N–C) groups is 1. The largest absolute Gasteiger partial charge is 0.464 e. The van der Waals surface area contributed by atoms with Gasteiger partial charge in [-0.25, -0.2) is 9.98 Å². The Hall–Kier alpha value is -2.03. The summed E-state index contributed by atoms with van der Waals surface area (Å²) in [7, 11) is 0. The molecule has 2 aromatic heterocycles. The maximum atomic E-state index is 9.37. The van der Waals surface area contributed by atoms with Crippen LogP contribution in [0.1, 0.15) is 6.92 Å². The Labute approximate surface area is 169 Å². The number of aliphatic hydroxyl groups is 1. The lowest BCUT2D eigenvalue weighted by Gasteiger charge is -2.30. The Kier molecular flexibility index (Phi) is 5.12. The SMILES string of the molecule is CC1(CO)CN=C(Nc2ccc(Sc3ccnc4[nH]cc(Br)c34)cc2)OC1. The quantitative estimate of drug-likeness (QED) is 0.557. The Bertz CT molecular complexity index is 989. The fourth-order valence-electron chi connectivity index (χ4n) is 2.70. The van der Waals surface area contributed by atoms with Crippen molar-refractivity contribution < 1.29 is 9.84 Å². The van der Waals surface area contributed by atoms with Crippen LogP contribution in [0.2, 0.25) is 0 Å². The van der Waals surface area contributed by atoms with Crippen molar-refractivity contribution in [2.45, 2.75) is 16.7 Å². The second-order valence-corrected chi connectivity index (χ2v) is 8.77. The van der Waals surface area contributed by atoms with Crippen molar-refractivity contribution in [3.63, 3.8) is 0 Å². The molecule has 3 heterocycles. The highest BCUT2D eigenvalue weighted by molar-refractivity contribution is 9.10. The molecule has 1 aliphatic heterocycles. The van der Waals surface area contributed by atoms with Crippen LogP contribution in [-0.4, -0.2) is 40.9 Å². The first-order valence-electron chi connectivity index (χ1n) is 8.51. The highest BCUT2D eigenvalue weighted by Gasteiger charge is 2.28. The summed E-state index contributed by atoms with van der Waals surface area (Å²) in [4.78, 5) is 14.1. The van der Waals surface area contributed by atoms with E-state index in [1.54, 1.807) is 11.8 Å². The number of rotatable bonds is 4. The summed E-state index contributed by atoms with van der Waals surface area (Å²) in [6.45, 7) is 3.02. The average Bonchev–Trinajstić information content (AvgIpc) is 3.07. The van der Waals surface area contributed by atoms with Crippen molar-refractivity contribution in [2.75, 3.05) is 25.1 Å². The first-order chi connectivity index (χ1) is 13.1. The van der Waals surface area contributed by atoms with Crippen molar-refractivity contribution in [1.82, 2.24) is 9.97 Å². The Morgan fingerprint density at radius 1 is 1.33 bits per heavy atom. The van der Waals surface area contributed by atoms with E-state index in [-0.39, 0.29) is 12.0 Å². The Balaban J connectivity index is 1.46. The van der Waals surface area contributed by atoms with Crippen molar-refractivity contribution in [3.8, 4) is 0 Å². The van der Waals surface area contributed by atoms with Gasteiger partial charge in [0.2, 0.25) is 0 Å². The monoisotopic (exact) mass is 446 g/mol. The molecule has 0 spiro atoms. The fourth-order valence-corrected chi connectivity index (χ4v) is 4.31. The summed E-state index contributed by atoms with van der Waals surface area (Å²) in [5.41, 5.74) is 1.48. The molecule has 0 fully saturated rings. The van der Waals surface area contributed by atoms with E-state index in [2.05, 4.69) is 48.3 Å². The number of ether oxygens (including phenoxy) is 1. The molecule has 8 heteroatoms. The van der Waals surface area contributed by atoms with Crippen molar-refractivity contribution in [3.05, 3.63) is 47.2 Å². The van der Waals surface area contributed by atoms with Crippen LogP contribution in [0.25, 0.3) is 11.0 Å².